The summed E-state index contributed by atoms with van der Waals surface area (Å²) >= 11 is 0. The largest absolute Gasteiger partial charge is 0.506 e. The van der Waals surface area contributed by atoms with Gasteiger partial charge in [0.15, 0.2) is 5.78 Å². The zero-order valence-electron chi connectivity index (χ0n) is 16.4. The third kappa shape index (κ3) is 3.20. The molecular weight excluding hydrogens is 354 g/mol. The number of methoxy groups -OCH3 is 1. The molecule has 0 saturated heterocycles. The van der Waals surface area contributed by atoms with E-state index < -0.39 is 5.97 Å². The first-order valence-electron chi connectivity index (χ1n) is 9.13. The lowest BCUT2D eigenvalue weighted by Crippen LogP contribution is -2.13. The third-order valence-electron chi connectivity index (χ3n) is 5.07. The highest BCUT2D eigenvalue weighted by atomic mass is 16.5. The van der Waals surface area contributed by atoms with Gasteiger partial charge in [0.1, 0.15) is 11.3 Å². The van der Waals surface area contributed by atoms with Crippen molar-refractivity contribution in [3.63, 3.8) is 0 Å². The highest BCUT2D eigenvalue weighted by Crippen LogP contribution is 2.40. The molecule has 0 radical (unpaired) electrons. The van der Waals surface area contributed by atoms with Gasteiger partial charge in [-0.05, 0) is 36.4 Å². The van der Waals surface area contributed by atoms with Gasteiger partial charge in [-0.15, -0.1) is 0 Å². The fraction of sp³-hybridized carbons (Fsp3) is 0.217. The molecule has 0 aliphatic carbocycles. The Morgan fingerprint density at radius 1 is 1.00 bits per heavy atom. The minimum Gasteiger partial charge on any atom is -0.506 e. The summed E-state index contributed by atoms with van der Waals surface area (Å²) in [6.45, 7) is 5.27. The summed E-state index contributed by atoms with van der Waals surface area (Å²) in [5.74, 6) is -1.27. The molecule has 3 aromatic carbocycles. The first-order valence-corrected chi connectivity index (χ1v) is 9.13. The number of hydrogen-bond acceptors (Lipinski definition) is 5. The normalized spacial score (nSPS) is 10.7. The second-order valence-electron chi connectivity index (χ2n) is 6.64. The molecule has 2 N–H and O–H groups in total. The molecule has 0 aromatic heterocycles. The van der Waals surface area contributed by atoms with Crippen LogP contribution in [0, 0.1) is 13.8 Å². The zero-order chi connectivity index (χ0) is 20.4. The molecule has 0 fully saturated rings. The summed E-state index contributed by atoms with van der Waals surface area (Å²) in [5.41, 5.74) is 2.74. The molecule has 0 saturated carbocycles. The number of benzene rings is 3. The minimum atomic E-state index is -0.667. The first-order chi connectivity index (χ1) is 13.4. The van der Waals surface area contributed by atoms with Gasteiger partial charge in [0.05, 0.1) is 18.4 Å². The maximum Gasteiger partial charge on any atom is 0.341 e. The van der Waals surface area contributed by atoms with Gasteiger partial charge in [0.2, 0.25) is 0 Å². The molecule has 0 heterocycles. The summed E-state index contributed by atoms with van der Waals surface area (Å²) in [7, 11) is 1.25. The summed E-state index contributed by atoms with van der Waals surface area (Å²) in [4.78, 5) is 24.9. The molecule has 5 heteroatoms. The predicted octanol–water partition coefficient (Wildman–Crippen LogP) is 5.29. The smallest absolute Gasteiger partial charge is 0.341 e. The lowest BCUT2D eigenvalue weighted by molar-refractivity contribution is 0.0596. The zero-order valence-corrected chi connectivity index (χ0v) is 16.4. The lowest BCUT2D eigenvalue weighted by atomic mass is 9.92. The van der Waals surface area contributed by atoms with E-state index in [1.807, 2.05) is 49.4 Å². The Morgan fingerprint density at radius 2 is 1.68 bits per heavy atom. The monoisotopic (exact) mass is 377 g/mol. The van der Waals surface area contributed by atoms with E-state index in [4.69, 9.17) is 4.74 Å². The van der Waals surface area contributed by atoms with Gasteiger partial charge in [-0.1, -0.05) is 43.3 Å². The van der Waals surface area contributed by atoms with Gasteiger partial charge >= 0.3 is 5.97 Å². The number of hydrogen-bond donors (Lipinski definition) is 2. The van der Waals surface area contributed by atoms with Crippen molar-refractivity contribution in [2.24, 2.45) is 0 Å². The van der Waals surface area contributed by atoms with E-state index in [1.54, 1.807) is 13.8 Å². The van der Waals surface area contributed by atoms with Crippen LogP contribution in [0.5, 0.6) is 5.75 Å². The van der Waals surface area contributed by atoms with Crippen molar-refractivity contribution >= 4 is 33.9 Å². The molecule has 5 nitrogen and oxygen atoms in total. The van der Waals surface area contributed by atoms with Crippen molar-refractivity contribution < 1.29 is 19.4 Å². The van der Waals surface area contributed by atoms with Gasteiger partial charge < -0.3 is 15.2 Å². The SMILES string of the molecule is CCC(=O)c1c(O)c(C(=O)OC)c(C)c(C)c1Nc1cccc2ccccc12. The van der Waals surface area contributed by atoms with E-state index in [2.05, 4.69) is 5.32 Å². The Hall–Kier alpha value is -3.34. The van der Waals surface area contributed by atoms with Crippen LogP contribution in [0.3, 0.4) is 0 Å². The first kappa shape index (κ1) is 19.4. The van der Waals surface area contributed by atoms with Crippen molar-refractivity contribution in [3.05, 3.63) is 64.7 Å². The molecule has 3 rings (SSSR count). The maximum absolute atomic E-state index is 12.7. The molecule has 0 aliphatic heterocycles. The molecule has 0 aliphatic rings. The Balaban J connectivity index is 2.28. The van der Waals surface area contributed by atoms with Crippen LogP contribution < -0.4 is 5.32 Å². The number of carbonyl (C=O) groups excluding carboxylic acids is 2. The van der Waals surface area contributed by atoms with E-state index in [9.17, 15) is 14.7 Å². The number of fused-ring (bicyclic) bond motifs is 1. The summed E-state index contributed by atoms with van der Waals surface area (Å²) in [5, 5.41) is 16.2. The Kier molecular flexibility index (Phi) is 5.36. The van der Waals surface area contributed by atoms with Crippen LogP contribution in [0.2, 0.25) is 0 Å². The van der Waals surface area contributed by atoms with Gasteiger partial charge in [0, 0.05) is 17.5 Å². The number of phenols is 1. The lowest BCUT2D eigenvalue weighted by Gasteiger charge is -2.21. The van der Waals surface area contributed by atoms with Crippen LogP contribution >= 0.6 is 0 Å². The fourth-order valence-electron chi connectivity index (χ4n) is 3.41. The molecule has 0 amide bonds. The standard InChI is InChI=1S/C23H23NO4/c1-5-18(25)20-21(14(3)13(2)19(22(20)26)23(27)28-4)24-17-12-8-10-15-9-6-7-11-16(15)17/h6-12,24,26H,5H2,1-4H3. The van der Waals surface area contributed by atoms with Crippen LogP contribution in [-0.2, 0) is 4.74 Å². The highest BCUT2D eigenvalue weighted by Gasteiger charge is 2.27. The number of ketones is 1. The number of rotatable bonds is 5. The Labute approximate surface area is 164 Å². The third-order valence-corrected chi connectivity index (χ3v) is 5.07. The average Bonchev–Trinajstić information content (AvgIpc) is 2.71. The van der Waals surface area contributed by atoms with E-state index in [-0.39, 0.29) is 29.1 Å². The van der Waals surface area contributed by atoms with Crippen LogP contribution in [0.25, 0.3) is 10.8 Å². The number of carbonyl (C=O) groups is 2. The van der Waals surface area contributed by atoms with E-state index in [0.29, 0.717) is 16.8 Å². The number of anilines is 2. The quantitative estimate of drug-likeness (QED) is 0.467. The molecule has 0 bridgehead atoms. The summed E-state index contributed by atoms with van der Waals surface area (Å²) in [6.07, 6.45) is 0.195. The molecule has 0 atom stereocenters. The van der Waals surface area contributed by atoms with Crippen molar-refractivity contribution in [2.75, 3.05) is 12.4 Å². The molecule has 144 valence electrons. The molecule has 28 heavy (non-hydrogen) atoms. The molecule has 0 unspecified atom stereocenters. The van der Waals surface area contributed by atoms with E-state index >= 15 is 0 Å². The predicted molar refractivity (Wildman–Crippen MR) is 111 cm³/mol. The summed E-state index contributed by atoms with van der Waals surface area (Å²) < 4.78 is 4.81. The highest BCUT2D eigenvalue weighted by molar-refractivity contribution is 6.10. The van der Waals surface area contributed by atoms with Crippen molar-refractivity contribution in [2.45, 2.75) is 27.2 Å². The summed E-state index contributed by atoms with van der Waals surface area (Å²) in [6, 6.07) is 13.8. The van der Waals surface area contributed by atoms with Crippen LogP contribution in [0.1, 0.15) is 45.2 Å². The minimum absolute atomic E-state index is 0.0280. The molecular formula is C23H23NO4. The van der Waals surface area contributed by atoms with Gasteiger partial charge in [-0.3, -0.25) is 4.79 Å². The number of phenolic OH excluding ortho intramolecular Hbond substituents is 1. The van der Waals surface area contributed by atoms with Crippen LogP contribution in [-0.4, -0.2) is 24.0 Å². The van der Waals surface area contributed by atoms with Crippen molar-refractivity contribution in [3.8, 4) is 5.75 Å². The molecule has 3 aromatic rings. The van der Waals surface area contributed by atoms with Crippen molar-refractivity contribution in [1.82, 2.24) is 0 Å². The number of nitrogens with one attached hydrogen (secondary N) is 1. The van der Waals surface area contributed by atoms with Crippen molar-refractivity contribution in [1.29, 1.82) is 0 Å². The maximum atomic E-state index is 12.7. The molecule has 0 spiro atoms. The Bertz CT molecular complexity index is 1080. The van der Waals surface area contributed by atoms with Gasteiger partial charge in [-0.2, -0.15) is 0 Å². The van der Waals surface area contributed by atoms with Gasteiger partial charge in [0.25, 0.3) is 0 Å². The Morgan fingerprint density at radius 3 is 2.36 bits per heavy atom. The second kappa shape index (κ2) is 7.72. The van der Waals surface area contributed by atoms with Gasteiger partial charge in [-0.25, -0.2) is 4.79 Å². The number of Topliss-reactive ketones (excluding diaryl/α,β-unsaturated/α-hetero) is 1. The fourth-order valence-corrected chi connectivity index (χ4v) is 3.41. The average molecular weight is 377 g/mol. The number of esters is 1. The second-order valence-corrected chi connectivity index (χ2v) is 6.64. The van der Waals surface area contributed by atoms with Crippen LogP contribution in [0.15, 0.2) is 42.5 Å². The number of aromatic hydroxyl groups is 1. The van der Waals surface area contributed by atoms with Crippen LogP contribution in [0.4, 0.5) is 11.4 Å². The van der Waals surface area contributed by atoms with E-state index in [1.165, 1.54) is 7.11 Å². The van der Waals surface area contributed by atoms with E-state index in [0.717, 1.165) is 16.5 Å². The number of ether oxygens (including phenoxy) is 1. The topological polar surface area (TPSA) is 75.6 Å².